The Labute approximate surface area is 350 Å². The van der Waals surface area contributed by atoms with Crippen molar-refractivity contribution in [3.63, 3.8) is 0 Å². The van der Waals surface area contributed by atoms with Crippen LogP contribution >= 0.6 is 12.0 Å². The molecule has 244 valence electrons. The third-order valence-electron chi connectivity index (χ3n) is 5.80. The van der Waals surface area contributed by atoms with E-state index in [-0.39, 0.29) is 121 Å². The van der Waals surface area contributed by atoms with Crippen LogP contribution in [0.1, 0.15) is 0 Å². The molecule has 0 aliphatic rings. The van der Waals surface area contributed by atoms with Crippen molar-refractivity contribution in [1.29, 1.82) is 0 Å². The first-order valence-electron chi connectivity index (χ1n) is 12.1. The summed E-state index contributed by atoms with van der Waals surface area (Å²) in [5.41, 5.74) is 5.07. The van der Waals surface area contributed by atoms with Crippen molar-refractivity contribution >= 4 is 81.6 Å². The summed E-state index contributed by atoms with van der Waals surface area (Å²) in [4.78, 5) is -1.32. The molecule has 0 aromatic heterocycles. The van der Waals surface area contributed by atoms with Gasteiger partial charge >= 0.3 is 88.7 Å². The molecule has 0 aliphatic carbocycles. The number of sulfone groups is 1. The van der Waals surface area contributed by atoms with Crippen LogP contribution in [0.3, 0.4) is 0 Å². The zero-order valence-corrected chi connectivity index (χ0v) is 34.9. The van der Waals surface area contributed by atoms with Gasteiger partial charge in [0, 0.05) is 0 Å². The van der Waals surface area contributed by atoms with Gasteiger partial charge in [0.15, 0.2) is 15.6 Å². The largest absolute Gasteiger partial charge is 1.00 e. The number of aromatic hydroxyl groups is 1. The van der Waals surface area contributed by atoms with Gasteiger partial charge in [0.05, 0.1) is 61.5 Å². The maximum absolute atomic E-state index is 12.4. The minimum atomic E-state index is -5.27. The van der Waals surface area contributed by atoms with Crippen LogP contribution in [-0.4, -0.2) is 51.8 Å². The van der Waals surface area contributed by atoms with E-state index in [1.165, 1.54) is 6.07 Å². The Morgan fingerprint density at radius 1 is 0.796 bits per heavy atom. The van der Waals surface area contributed by atoms with E-state index in [4.69, 9.17) is 5.73 Å². The minimum absolute atomic E-state index is 0. The molecular weight excluding hydrogens is 764 g/mol. The molecule has 0 atom stereocenters. The number of fused-ring (bicyclic) bond motifs is 1. The predicted molar refractivity (Wildman–Crippen MR) is 155 cm³/mol. The number of nitrogens with two attached hydrogens (primary N) is 1. The Morgan fingerprint density at radius 2 is 1.37 bits per heavy atom. The fraction of sp³-hybridized carbons (Fsp3) is 0.0833. The number of azo groups is 2. The van der Waals surface area contributed by atoms with Crippen LogP contribution in [0.5, 0.6) is 5.75 Å². The Kier molecular flexibility index (Phi) is 18.4. The molecule has 0 heterocycles. The van der Waals surface area contributed by atoms with E-state index >= 15 is 0 Å². The van der Waals surface area contributed by atoms with Crippen LogP contribution in [0.15, 0.2) is 102 Å². The summed E-state index contributed by atoms with van der Waals surface area (Å²) in [6.45, 7) is -0.912. The summed E-state index contributed by atoms with van der Waals surface area (Å²) in [7, 11) is -14.5. The molecule has 0 saturated heterocycles. The zero-order chi connectivity index (χ0) is 33.7. The van der Waals surface area contributed by atoms with Crippen LogP contribution < -0.4 is 99.7 Å². The molecule has 3 N–H and O–H groups in total. The monoisotopic (exact) mass is 781 g/mol. The number of phenolic OH excluding ortho intramolecular Hbond substituents is 1. The number of hydrogen-bond acceptors (Lipinski definition) is 19. The number of nitrogens with zero attached hydrogens (tertiary/aromatic N) is 4. The van der Waals surface area contributed by atoms with E-state index in [1.54, 1.807) is 30.3 Å². The first-order chi connectivity index (χ1) is 21.6. The summed E-state index contributed by atoms with van der Waals surface area (Å²) in [5.74, 6) is -1.50. The van der Waals surface area contributed by atoms with Gasteiger partial charge in [-0.3, -0.25) is 9.22 Å². The maximum atomic E-state index is 12.4. The molecule has 4 aromatic rings. The summed E-state index contributed by atoms with van der Waals surface area (Å²) < 4.78 is 101. The Morgan fingerprint density at radius 3 is 1.92 bits per heavy atom. The van der Waals surface area contributed by atoms with Gasteiger partial charge in [-0.05, 0) is 53.9 Å². The van der Waals surface area contributed by atoms with Crippen molar-refractivity contribution in [2.45, 2.75) is 14.7 Å². The molecule has 25 heteroatoms. The second-order valence-corrected chi connectivity index (χ2v) is 14.0. The van der Waals surface area contributed by atoms with Crippen molar-refractivity contribution in [1.82, 2.24) is 0 Å². The molecular formula is C24H18N5Na3O13S4. The van der Waals surface area contributed by atoms with Crippen LogP contribution in [0.25, 0.3) is 10.8 Å². The van der Waals surface area contributed by atoms with Crippen LogP contribution in [0, 0.1) is 0 Å². The smallest absolute Gasteiger partial charge is 0.744 e. The van der Waals surface area contributed by atoms with Gasteiger partial charge in [0.25, 0.3) is 0 Å². The molecule has 49 heavy (non-hydrogen) atoms. The van der Waals surface area contributed by atoms with Gasteiger partial charge in [-0.2, -0.15) is 14.6 Å². The first-order valence-corrected chi connectivity index (χ1v) is 17.3. The van der Waals surface area contributed by atoms with E-state index < -0.39 is 64.7 Å². The molecule has 4 aromatic carbocycles. The van der Waals surface area contributed by atoms with Gasteiger partial charge in [-0.25, -0.2) is 25.3 Å². The van der Waals surface area contributed by atoms with Crippen molar-refractivity contribution in [2.75, 3.05) is 18.1 Å². The van der Waals surface area contributed by atoms with Crippen LogP contribution in [-0.2, 0) is 43.9 Å². The predicted octanol–water partition coefficient (Wildman–Crippen LogP) is -5.64. The number of anilines is 1. The topological polar surface area (TPSA) is 295 Å². The molecule has 0 radical (unpaired) electrons. The van der Waals surface area contributed by atoms with Gasteiger partial charge in [0.2, 0.25) is 10.4 Å². The quantitative estimate of drug-likeness (QED) is 0.0187. The number of phenols is 1. The van der Waals surface area contributed by atoms with Gasteiger partial charge < -0.3 is 25.2 Å². The molecule has 0 saturated carbocycles. The summed E-state index contributed by atoms with van der Waals surface area (Å²) >= 11 is 0.301. The SMILES string of the molecule is Nc1c(N=Nc2ccc(S(=O)(=O)CCOS(=O)(=O)[O-])cc2)c(S(=O)(=O)[O-])cc2cc(SOO[O-])c(N=Nc3ccccc3)c(O)c12.[Na+].[Na+].[Na+]. The zero-order valence-electron chi connectivity index (χ0n) is 25.6. The second kappa shape index (κ2) is 19.7. The number of rotatable bonds is 13. The van der Waals surface area contributed by atoms with Gasteiger partial charge in [-0.1, -0.05) is 18.2 Å². The van der Waals surface area contributed by atoms with Crippen molar-refractivity contribution in [3.05, 3.63) is 66.7 Å². The Bertz CT molecular complexity index is 2160. The molecule has 0 fully saturated rings. The molecule has 18 nitrogen and oxygen atoms in total. The van der Waals surface area contributed by atoms with E-state index in [0.717, 1.165) is 30.3 Å². The normalized spacial score (nSPS) is 12.1. The fourth-order valence-corrected chi connectivity index (χ4v) is 6.44. The summed E-state index contributed by atoms with van der Waals surface area (Å²) in [5, 5.41) is 40.3. The molecule has 0 spiro atoms. The van der Waals surface area contributed by atoms with Crippen molar-refractivity contribution < 1.29 is 147 Å². The van der Waals surface area contributed by atoms with Gasteiger partial charge in [0.1, 0.15) is 21.5 Å². The van der Waals surface area contributed by atoms with Crippen molar-refractivity contribution in [3.8, 4) is 5.75 Å². The molecule has 0 unspecified atom stereocenters. The van der Waals surface area contributed by atoms with Crippen molar-refractivity contribution in [2.24, 2.45) is 20.5 Å². The third kappa shape index (κ3) is 12.5. The first kappa shape index (κ1) is 45.9. The molecule has 0 bridgehead atoms. The maximum Gasteiger partial charge on any atom is 1.00 e. The second-order valence-electron chi connectivity index (χ2n) is 8.76. The van der Waals surface area contributed by atoms with E-state index in [1.807, 2.05) is 0 Å². The fourth-order valence-electron chi connectivity index (χ4n) is 3.81. The van der Waals surface area contributed by atoms with E-state index in [0.29, 0.717) is 17.7 Å². The molecule has 0 aliphatic heterocycles. The average Bonchev–Trinajstić information content (AvgIpc) is 2.98. The summed E-state index contributed by atoms with van der Waals surface area (Å²) in [6, 6.07) is 14.7. The number of nitrogen functional groups attached to an aromatic ring is 1. The van der Waals surface area contributed by atoms with Gasteiger partial charge in [-0.15, -0.1) is 10.2 Å². The van der Waals surface area contributed by atoms with E-state index in [2.05, 4.69) is 34.0 Å². The molecule has 0 amide bonds. The number of hydrogen-bond donors (Lipinski definition) is 2. The molecule has 4 rings (SSSR count). The van der Waals surface area contributed by atoms with Crippen LogP contribution in [0.4, 0.5) is 28.4 Å². The third-order valence-corrected chi connectivity index (χ3v) is 9.41. The Balaban J connectivity index is 0.00000400. The number of benzene rings is 4. The standard InChI is InChI=1S/C24H21N5O13S4.3Na/c25-21-20-14(12-18(43-42-41-31)22(24(20)30)28-26-15-4-2-1-3-5-15)13-19(45(34,35)36)23(21)29-27-16-6-8-17(9-7-16)44(32,33)11-10-40-46(37,38)39;;;/h1-9,12-13,30-31H,10-11,25H2,(H,34,35,36)(H,37,38,39);;;/q;3*+1/p-3. The van der Waals surface area contributed by atoms with Crippen LogP contribution in [0.2, 0.25) is 0 Å². The van der Waals surface area contributed by atoms with E-state index in [9.17, 15) is 44.7 Å². The average molecular weight is 782 g/mol. The Hall–Kier alpha value is -1.10. The summed E-state index contributed by atoms with van der Waals surface area (Å²) in [6.07, 6.45) is 0. The minimum Gasteiger partial charge on any atom is -0.744 e.